The molecule has 188 valence electrons. The second-order valence-electron chi connectivity index (χ2n) is 7.81. The molecule has 1 saturated heterocycles. The first-order valence-electron chi connectivity index (χ1n) is 11.0. The third-order valence-corrected chi connectivity index (χ3v) is 6.80. The molecular weight excluding hydrogens is 562 g/mol. The van der Waals surface area contributed by atoms with E-state index in [0.717, 1.165) is 4.47 Å². The van der Waals surface area contributed by atoms with Crippen LogP contribution in [0.2, 0.25) is 0 Å². The van der Waals surface area contributed by atoms with Crippen LogP contribution in [0.15, 0.2) is 81.1 Å². The van der Waals surface area contributed by atoms with Crippen LogP contribution in [0.3, 0.4) is 0 Å². The van der Waals surface area contributed by atoms with Crippen molar-refractivity contribution in [1.29, 1.82) is 0 Å². The number of benzene rings is 3. The van der Waals surface area contributed by atoms with Crippen molar-refractivity contribution in [2.24, 2.45) is 4.99 Å². The zero-order valence-corrected chi connectivity index (χ0v) is 21.9. The van der Waals surface area contributed by atoms with Gasteiger partial charge in [-0.2, -0.15) is 0 Å². The zero-order valence-electron chi connectivity index (χ0n) is 19.5. The Morgan fingerprint density at radius 2 is 1.97 bits per heavy atom. The number of halogens is 1. The number of carbonyl (C=O) groups is 2. The lowest BCUT2D eigenvalue weighted by Gasteiger charge is -2.12. The Balaban J connectivity index is 1.62. The summed E-state index contributed by atoms with van der Waals surface area (Å²) in [6.07, 6.45) is 1.71. The standard InChI is InChI=1S/C26H20BrN3O6S/c1-2-29-24(31)23(37-26(29)28-20-7-4-6-17(13-20)25(32)33)14-18-12-19(27)9-10-22(18)36-15-16-5-3-8-21(11-16)30(34)35/h3-14H,2,15H2,1H3,(H,32,33). The molecule has 9 nitrogen and oxygen atoms in total. The number of ether oxygens (including phenoxy) is 1. The van der Waals surface area contributed by atoms with Gasteiger partial charge >= 0.3 is 5.97 Å². The lowest BCUT2D eigenvalue weighted by Crippen LogP contribution is -2.28. The highest BCUT2D eigenvalue weighted by Gasteiger charge is 2.32. The van der Waals surface area contributed by atoms with Gasteiger partial charge in [0.25, 0.3) is 11.6 Å². The number of amides is 1. The first-order valence-corrected chi connectivity index (χ1v) is 12.6. The fraction of sp³-hybridized carbons (Fsp3) is 0.115. The molecule has 1 N–H and O–H groups in total. The highest BCUT2D eigenvalue weighted by molar-refractivity contribution is 9.10. The van der Waals surface area contributed by atoms with Gasteiger partial charge < -0.3 is 9.84 Å². The number of non-ortho nitro benzene ring substituents is 1. The van der Waals surface area contributed by atoms with E-state index in [-0.39, 0.29) is 23.8 Å². The number of hydrogen-bond donors (Lipinski definition) is 1. The normalized spacial score (nSPS) is 15.4. The number of carbonyl (C=O) groups excluding carboxylic acids is 1. The largest absolute Gasteiger partial charge is 0.488 e. The quantitative estimate of drug-likeness (QED) is 0.189. The van der Waals surface area contributed by atoms with Crippen molar-refractivity contribution in [1.82, 2.24) is 4.90 Å². The van der Waals surface area contributed by atoms with Crippen LogP contribution < -0.4 is 4.74 Å². The van der Waals surface area contributed by atoms with Crippen LogP contribution in [0.4, 0.5) is 11.4 Å². The maximum absolute atomic E-state index is 13.1. The van der Waals surface area contributed by atoms with Gasteiger partial charge in [-0.15, -0.1) is 0 Å². The SMILES string of the molecule is CCN1C(=O)C(=Cc2cc(Br)ccc2OCc2cccc([N+](=O)[O-])c2)SC1=Nc1cccc(C(=O)O)c1. The van der Waals surface area contributed by atoms with Crippen molar-refractivity contribution in [3.05, 3.63) is 103 Å². The number of thioether (sulfide) groups is 1. The van der Waals surface area contributed by atoms with Crippen molar-refractivity contribution in [2.75, 3.05) is 6.54 Å². The molecule has 0 spiro atoms. The van der Waals surface area contributed by atoms with E-state index in [2.05, 4.69) is 20.9 Å². The van der Waals surface area contributed by atoms with E-state index < -0.39 is 10.9 Å². The Labute approximate surface area is 224 Å². The molecule has 1 aliphatic heterocycles. The number of hydrogen-bond acceptors (Lipinski definition) is 7. The number of amidine groups is 1. The topological polar surface area (TPSA) is 122 Å². The highest BCUT2D eigenvalue weighted by atomic mass is 79.9. The summed E-state index contributed by atoms with van der Waals surface area (Å²) >= 11 is 4.63. The van der Waals surface area contributed by atoms with Crippen LogP contribution in [0.25, 0.3) is 6.08 Å². The van der Waals surface area contributed by atoms with Gasteiger partial charge in [0.05, 0.1) is 21.1 Å². The van der Waals surface area contributed by atoms with Gasteiger partial charge in [-0.1, -0.05) is 34.1 Å². The highest BCUT2D eigenvalue weighted by Crippen LogP contribution is 2.36. The molecule has 1 heterocycles. The predicted molar refractivity (Wildman–Crippen MR) is 145 cm³/mol. The van der Waals surface area contributed by atoms with Gasteiger partial charge in [-0.05, 0) is 66.7 Å². The third kappa shape index (κ3) is 6.25. The van der Waals surface area contributed by atoms with E-state index in [1.807, 2.05) is 13.0 Å². The summed E-state index contributed by atoms with van der Waals surface area (Å²) in [4.78, 5) is 41.5. The van der Waals surface area contributed by atoms with Crippen LogP contribution in [-0.2, 0) is 11.4 Å². The zero-order chi connectivity index (χ0) is 26.5. The van der Waals surface area contributed by atoms with Gasteiger partial charge in [0.1, 0.15) is 12.4 Å². The van der Waals surface area contributed by atoms with Gasteiger partial charge in [0.2, 0.25) is 0 Å². The van der Waals surface area contributed by atoms with Crippen LogP contribution >= 0.6 is 27.7 Å². The van der Waals surface area contributed by atoms with Crippen molar-refractivity contribution < 1.29 is 24.4 Å². The molecule has 0 atom stereocenters. The summed E-state index contributed by atoms with van der Waals surface area (Å²) in [6.45, 7) is 2.32. The predicted octanol–water partition coefficient (Wildman–Crippen LogP) is 6.26. The molecule has 0 saturated carbocycles. The summed E-state index contributed by atoms with van der Waals surface area (Å²) in [5.74, 6) is -0.791. The fourth-order valence-electron chi connectivity index (χ4n) is 3.51. The van der Waals surface area contributed by atoms with Crippen molar-refractivity contribution in [3.63, 3.8) is 0 Å². The number of nitro groups is 1. The molecule has 3 aromatic carbocycles. The molecule has 0 unspecified atom stereocenters. The number of nitro benzene ring substituents is 1. The van der Waals surface area contributed by atoms with Crippen molar-refractivity contribution in [2.45, 2.75) is 13.5 Å². The minimum atomic E-state index is -1.06. The number of carboxylic acids is 1. The summed E-state index contributed by atoms with van der Waals surface area (Å²) in [5.41, 5.74) is 1.79. The van der Waals surface area contributed by atoms with Crippen molar-refractivity contribution >= 4 is 62.2 Å². The maximum Gasteiger partial charge on any atom is 0.335 e. The third-order valence-electron chi connectivity index (χ3n) is 5.30. The molecule has 37 heavy (non-hydrogen) atoms. The van der Waals surface area contributed by atoms with Crippen molar-refractivity contribution in [3.8, 4) is 5.75 Å². The summed E-state index contributed by atoms with van der Waals surface area (Å²) < 4.78 is 6.74. The van der Waals surface area contributed by atoms with E-state index >= 15 is 0 Å². The molecule has 1 fully saturated rings. The van der Waals surface area contributed by atoms with Gasteiger partial charge in [-0.3, -0.25) is 19.8 Å². The smallest absolute Gasteiger partial charge is 0.335 e. The maximum atomic E-state index is 13.1. The molecule has 1 aliphatic rings. The first kappa shape index (κ1) is 26.1. The Kier molecular flexibility index (Phi) is 8.04. The van der Waals surface area contributed by atoms with E-state index in [1.54, 1.807) is 42.5 Å². The molecule has 11 heteroatoms. The monoisotopic (exact) mass is 581 g/mol. The number of rotatable bonds is 8. The molecule has 4 rings (SSSR count). The van der Waals surface area contributed by atoms with E-state index in [1.165, 1.54) is 40.9 Å². The van der Waals surface area contributed by atoms with Gasteiger partial charge in [0, 0.05) is 28.7 Å². The number of carboxylic acid groups (broad SMARTS) is 1. The van der Waals surface area contributed by atoms with Crippen LogP contribution in [0.1, 0.15) is 28.4 Å². The molecule has 0 bridgehead atoms. The fourth-order valence-corrected chi connectivity index (χ4v) is 4.95. The van der Waals surface area contributed by atoms with Gasteiger partial charge in [0.15, 0.2) is 5.17 Å². The van der Waals surface area contributed by atoms with Crippen LogP contribution in [-0.4, -0.2) is 38.5 Å². The summed E-state index contributed by atoms with van der Waals surface area (Å²) in [5, 5.41) is 20.7. The molecular formula is C26H20BrN3O6S. The molecule has 0 aliphatic carbocycles. The number of likely N-dealkylation sites (N-methyl/N-ethyl adjacent to an activating group) is 1. The lowest BCUT2D eigenvalue weighted by molar-refractivity contribution is -0.384. The first-order chi connectivity index (χ1) is 17.7. The molecule has 0 radical (unpaired) electrons. The number of aliphatic imine (C=N–C) groups is 1. The van der Waals surface area contributed by atoms with Crippen LogP contribution in [0, 0.1) is 10.1 Å². The minimum absolute atomic E-state index is 0.0208. The average Bonchev–Trinajstić information content (AvgIpc) is 3.17. The minimum Gasteiger partial charge on any atom is -0.488 e. The molecule has 3 aromatic rings. The second-order valence-corrected chi connectivity index (χ2v) is 9.73. The number of aromatic carboxylic acids is 1. The Bertz CT molecular complexity index is 1460. The van der Waals surface area contributed by atoms with Crippen LogP contribution in [0.5, 0.6) is 5.75 Å². The average molecular weight is 582 g/mol. The number of nitrogens with zero attached hydrogens (tertiary/aromatic N) is 3. The Morgan fingerprint density at radius 1 is 1.19 bits per heavy atom. The molecule has 0 aromatic heterocycles. The second kappa shape index (κ2) is 11.4. The molecule has 1 amide bonds. The van der Waals surface area contributed by atoms with E-state index in [9.17, 15) is 24.8 Å². The summed E-state index contributed by atoms with van der Waals surface area (Å²) in [6, 6.07) is 17.8. The summed E-state index contributed by atoms with van der Waals surface area (Å²) in [7, 11) is 0. The Hall–Kier alpha value is -3.96. The van der Waals surface area contributed by atoms with Gasteiger partial charge in [-0.25, -0.2) is 9.79 Å². The lowest BCUT2D eigenvalue weighted by atomic mass is 10.1. The Morgan fingerprint density at radius 3 is 2.70 bits per heavy atom. The van der Waals surface area contributed by atoms with E-state index in [4.69, 9.17) is 4.74 Å². The van der Waals surface area contributed by atoms with E-state index in [0.29, 0.717) is 39.2 Å².